The maximum absolute atomic E-state index is 13.3. The first-order chi connectivity index (χ1) is 9.38. The van der Waals surface area contributed by atoms with Crippen molar-refractivity contribution in [2.45, 2.75) is 20.3 Å². The highest BCUT2D eigenvalue weighted by atomic mass is 19.1. The summed E-state index contributed by atoms with van der Waals surface area (Å²) in [6, 6.07) is 3.29. The van der Waals surface area contributed by atoms with Crippen molar-refractivity contribution in [3.8, 4) is 0 Å². The minimum absolute atomic E-state index is 0.166. The van der Waals surface area contributed by atoms with Gasteiger partial charge >= 0.3 is 5.69 Å². The lowest BCUT2D eigenvalue weighted by Gasteiger charge is -2.35. The number of nitro groups is 1. The van der Waals surface area contributed by atoms with Crippen LogP contribution in [0.1, 0.15) is 30.6 Å². The molecular weight excluding hydrogens is 263 g/mol. The molecule has 0 N–H and O–H groups in total. The van der Waals surface area contributed by atoms with Gasteiger partial charge in [-0.25, -0.2) is 0 Å². The highest BCUT2D eigenvalue weighted by molar-refractivity contribution is 5.95. The Kier molecular flexibility index (Phi) is 4.01. The number of nitro benzene ring substituents is 1. The van der Waals surface area contributed by atoms with E-state index >= 15 is 0 Å². The molecule has 108 valence electrons. The number of carbonyl (C=O) groups excluding carboxylic acids is 1. The van der Waals surface area contributed by atoms with Gasteiger partial charge in [0.25, 0.3) is 5.91 Å². The third kappa shape index (κ3) is 2.95. The maximum atomic E-state index is 13.3. The number of hydrogen-bond acceptors (Lipinski definition) is 3. The van der Waals surface area contributed by atoms with E-state index in [1.807, 2.05) is 0 Å². The lowest BCUT2D eigenvalue weighted by atomic mass is 9.91. The van der Waals surface area contributed by atoms with Gasteiger partial charge < -0.3 is 4.90 Å². The molecule has 0 radical (unpaired) electrons. The first-order valence-electron chi connectivity index (χ1n) is 6.61. The SMILES string of the molecule is CC1CC(C)CN(C(=O)c2ccc(F)c([N+](=O)[O-])c2)C1. The van der Waals surface area contributed by atoms with Gasteiger partial charge in [0.15, 0.2) is 0 Å². The lowest BCUT2D eigenvalue weighted by molar-refractivity contribution is -0.387. The zero-order valence-electron chi connectivity index (χ0n) is 11.5. The summed E-state index contributed by atoms with van der Waals surface area (Å²) in [6.07, 6.45) is 1.06. The average Bonchev–Trinajstić information content (AvgIpc) is 2.37. The van der Waals surface area contributed by atoms with E-state index in [4.69, 9.17) is 0 Å². The smallest absolute Gasteiger partial charge is 0.305 e. The molecule has 0 spiro atoms. The molecular formula is C14H17FN2O3. The third-order valence-electron chi connectivity index (χ3n) is 3.55. The Morgan fingerprint density at radius 1 is 1.35 bits per heavy atom. The number of nitrogens with zero attached hydrogens (tertiary/aromatic N) is 2. The van der Waals surface area contributed by atoms with E-state index in [0.29, 0.717) is 24.9 Å². The predicted molar refractivity (Wildman–Crippen MR) is 71.9 cm³/mol. The van der Waals surface area contributed by atoms with Crippen LogP contribution in [0.4, 0.5) is 10.1 Å². The molecule has 0 bridgehead atoms. The zero-order chi connectivity index (χ0) is 14.9. The molecule has 0 saturated carbocycles. The van der Waals surface area contributed by atoms with E-state index < -0.39 is 16.4 Å². The van der Waals surface area contributed by atoms with Crippen LogP contribution < -0.4 is 0 Å². The number of amides is 1. The van der Waals surface area contributed by atoms with Gasteiger partial charge in [0.05, 0.1) is 4.92 Å². The second-order valence-electron chi connectivity index (χ2n) is 5.58. The van der Waals surface area contributed by atoms with Gasteiger partial charge in [0, 0.05) is 24.7 Å². The van der Waals surface area contributed by atoms with Crippen LogP contribution >= 0.6 is 0 Å². The second kappa shape index (κ2) is 5.56. The van der Waals surface area contributed by atoms with Crippen molar-refractivity contribution >= 4 is 11.6 Å². The second-order valence-corrected chi connectivity index (χ2v) is 5.58. The van der Waals surface area contributed by atoms with Crippen LogP contribution in [0.15, 0.2) is 18.2 Å². The standard InChI is InChI=1S/C14H17FN2O3/c1-9-5-10(2)8-16(7-9)14(18)11-3-4-12(15)13(6-11)17(19)20/h3-4,6,9-10H,5,7-8H2,1-2H3. The molecule has 1 aromatic rings. The maximum Gasteiger partial charge on any atom is 0.305 e. The summed E-state index contributed by atoms with van der Waals surface area (Å²) in [6.45, 7) is 5.41. The quantitative estimate of drug-likeness (QED) is 0.618. The molecule has 1 aromatic carbocycles. The molecule has 1 amide bonds. The number of likely N-dealkylation sites (tertiary alicyclic amines) is 1. The van der Waals surface area contributed by atoms with Gasteiger partial charge in [0.1, 0.15) is 0 Å². The Labute approximate surface area is 116 Å². The van der Waals surface area contributed by atoms with Gasteiger partial charge in [-0.3, -0.25) is 14.9 Å². The summed E-state index contributed by atoms with van der Waals surface area (Å²) in [5.41, 5.74) is -0.492. The Hall–Kier alpha value is -1.98. The number of hydrogen-bond donors (Lipinski definition) is 0. The van der Waals surface area contributed by atoms with Crippen molar-refractivity contribution < 1.29 is 14.1 Å². The summed E-state index contributed by atoms with van der Waals surface area (Å²) in [5.74, 6) is -0.394. The molecule has 0 aromatic heterocycles. The largest absolute Gasteiger partial charge is 0.338 e. The van der Waals surface area contributed by atoms with Crippen molar-refractivity contribution in [3.05, 3.63) is 39.7 Å². The minimum atomic E-state index is -0.924. The van der Waals surface area contributed by atoms with E-state index in [1.165, 1.54) is 6.07 Å². The van der Waals surface area contributed by atoms with Crippen LogP contribution in [-0.2, 0) is 0 Å². The molecule has 1 aliphatic rings. The molecule has 1 aliphatic heterocycles. The number of carbonyl (C=O) groups is 1. The Bertz CT molecular complexity index is 537. The van der Waals surface area contributed by atoms with E-state index in [9.17, 15) is 19.3 Å². The number of piperidine rings is 1. The number of halogens is 1. The molecule has 6 heteroatoms. The van der Waals surface area contributed by atoms with Crippen molar-refractivity contribution in [1.29, 1.82) is 0 Å². The van der Waals surface area contributed by atoms with E-state index in [0.717, 1.165) is 18.6 Å². The normalized spacial score (nSPS) is 22.6. The highest BCUT2D eigenvalue weighted by Crippen LogP contribution is 2.24. The number of rotatable bonds is 2. The molecule has 1 heterocycles. The van der Waals surface area contributed by atoms with Gasteiger partial charge in [-0.05, 0) is 30.4 Å². The topological polar surface area (TPSA) is 63.5 Å². The summed E-state index contributed by atoms with van der Waals surface area (Å²) >= 11 is 0. The molecule has 2 atom stereocenters. The number of benzene rings is 1. The molecule has 1 fully saturated rings. The summed E-state index contributed by atoms with van der Waals surface area (Å²) in [5, 5.41) is 10.7. The van der Waals surface area contributed by atoms with Gasteiger partial charge in [-0.1, -0.05) is 13.8 Å². The first kappa shape index (κ1) is 14.4. The van der Waals surface area contributed by atoms with Crippen LogP contribution in [0.5, 0.6) is 0 Å². The van der Waals surface area contributed by atoms with Gasteiger partial charge in [0.2, 0.25) is 5.82 Å². The average molecular weight is 280 g/mol. The monoisotopic (exact) mass is 280 g/mol. The first-order valence-corrected chi connectivity index (χ1v) is 6.61. The summed E-state index contributed by atoms with van der Waals surface area (Å²) in [4.78, 5) is 24.0. The molecule has 0 aliphatic carbocycles. The van der Waals surface area contributed by atoms with Gasteiger partial charge in [-0.15, -0.1) is 0 Å². The fourth-order valence-electron chi connectivity index (χ4n) is 2.80. The van der Waals surface area contributed by atoms with Crippen LogP contribution in [0, 0.1) is 27.8 Å². The predicted octanol–water partition coefficient (Wildman–Crippen LogP) is 2.85. The molecule has 2 unspecified atom stereocenters. The fourth-order valence-corrected chi connectivity index (χ4v) is 2.80. The van der Waals surface area contributed by atoms with Crippen LogP contribution in [0.2, 0.25) is 0 Å². The van der Waals surface area contributed by atoms with E-state index in [2.05, 4.69) is 13.8 Å². The van der Waals surface area contributed by atoms with Crippen molar-refractivity contribution in [2.75, 3.05) is 13.1 Å². The molecule has 20 heavy (non-hydrogen) atoms. The van der Waals surface area contributed by atoms with Gasteiger partial charge in [-0.2, -0.15) is 4.39 Å². The molecule has 5 nitrogen and oxygen atoms in total. The Morgan fingerprint density at radius 2 is 1.95 bits per heavy atom. The molecule has 1 saturated heterocycles. The van der Waals surface area contributed by atoms with Crippen molar-refractivity contribution in [3.63, 3.8) is 0 Å². The van der Waals surface area contributed by atoms with Crippen LogP contribution in [-0.4, -0.2) is 28.8 Å². The van der Waals surface area contributed by atoms with E-state index in [-0.39, 0.29) is 11.5 Å². The Morgan fingerprint density at radius 3 is 2.50 bits per heavy atom. The fraction of sp³-hybridized carbons (Fsp3) is 0.500. The zero-order valence-corrected chi connectivity index (χ0v) is 11.5. The summed E-state index contributed by atoms with van der Waals surface area (Å²) < 4.78 is 13.3. The van der Waals surface area contributed by atoms with Crippen LogP contribution in [0.25, 0.3) is 0 Å². The van der Waals surface area contributed by atoms with Crippen molar-refractivity contribution in [1.82, 2.24) is 4.90 Å². The Balaban J connectivity index is 2.25. The third-order valence-corrected chi connectivity index (χ3v) is 3.55. The molecule has 2 rings (SSSR count). The minimum Gasteiger partial charge on any atom is -0.338 e. The summed E-state index contributed by atoms with van der Waals surface area (Å²) in [7, 11) is 0. The highest BCUT2D eigenvalue weighted by Gasteiger charge is 2.27. The lowest BCUT2D eigenvalue weighted by Crippen LogP contribution is -2.42. The van der Waals surface area contributed by atoms with Crippen molar-refractivity contribution in [2.24, 2.45) is 11.8 Å². The van der Waals surface area contributed by atoms with E-state index in [1.54, 1.807) is 4.90 Å². The van der Waals surface area contributed by atoms with Crippen LogP contribution in [0.3, 0.4) is 0 Å².